The first-order valence-corrected chi connectivity index (χ1v) is 5.89. The van der Waals surface area contributed by atoms with Crippen LogP contribution in [0.5, 0.6) is 5.75 Å². The van der Waals surface area contributed by atoms with Crippen LogP contribution in [0.1, 0.15) is 11.3 Å². The van der Waals surface area contributed by atoms with Crippen LogP contribution in [0.15, 0.2) is 35.2 Å². The van der Waals surface area contributed by atoms with Gasteiger partial charge in [-0.1, -0.05) is 12.1 Å². The fourth-order valence-corrected chi connectivity index (χ4v) is 1.96. The maximum Gasteiger partial charge on any atom is 0.127 e. The molecule has 1 aromatic carbocycles. The van der Waals surface area contributed by atoms with Gasteiger partial charge in [-0.25, -0.2) is 4.98 Å². The van der Waals surface area contributed by atoms with Crippen LogP contribution in [-0.4, -0.2) is 17.1 Å². The van der Waals surface area contributed by atoms with Crippen molar-refractivity contribution in [2.24, 2.45) is 0 Å². The van der Waals surface area contributed by atoms with E-state index in [1.807, 2.05) is 12.1 Å². The second-order valence-electron chi connectivity index (χ2n) is 3.52. The molecule has 0 bridgehead atoms. The third-order valence-electron chi connectivity index (χ3n) is 2.49. The predicted molar refractivity (Wildman–Crippen MR) is 66.7 cm³/mol. The molecule has 0 aliphatic rings. The third-order valence-corrected chi connectivity index (χ3v) is 3.17. The van der Waals surface area contributed by atoms with Crippen molar-refractivity contribution in [2.45, 2.75) is 12.8 Å². The number of rotatable bonds is 4. The minimum Gasteiger partial charge on any atom is -0.497 e. The fourth-order valence-electron chi connectivity index (χ4n) is 1.54. The van der Waals surface area contributed by atoms with Crippen LogP contribution in [0.2, 0.25) is 0 Å². The van der Waals surface area contributed by atoms with Crippen molar-refractivity contribution < 1.29 is 4.74 Å². The van der Waals surface area contributed by atoms with Crippen LogP contribution < -0.4 is 4.74 Å². The van der Waals surface area contributed by atoms with Crippen molar-refractivity contribution in [3.8, 4) is 5.75 Å². The van der Waals surface area contributed by atoms with Crippen LogP contribution in [0.4, 0.5) is 0 Å². The maximum atomic E-state index is 5.11. The number of nitrogens with zero attached hydrogens (tertiary/aromatic N) is 1. The number of benzene rings is 1. The van der Waals surface area contributed by atoms with Gasteiger partial charge in [-0.2, -0.15) is 0 Å². The van der Waals surface area contributed by atoms with Crippen LogP contribution in [0.3, 0.4) is 0 Å². The number of aromatic amines is 1. The maximum absolute atomic E-state index is 5.11. The Balaban J connectivity index is 1.97. The minimum absolute atomic E-state index is 0.895. The van der Waals surface area contributed by atoms with Gasteiger partial charge in [0.2, 0.25) is 0 Å². The first-order valence-electron chi connectivity index (χ1n) is 5.10. The monoisotopic (exact) mass is 280 g/mol. The summed E-state index contributed by atoms with van der Waals surface area (Å²) in [6.45, 7) is 0. The highest BCUT2D eigenvalue weighted by Gasteiger charge is 2.02. The number of methoxy groups -OCH3 is 1. The molecule has 1 aromatic heterocycles. The van der Waals surface area contributed by atoms with E-state index in [0.29, 0.717) is 0 Å². The molecule has 4 heteroatoms. The average molecular weight is 281 g/mol. The van der Waals surface area contributed by atoms with Crippen molar-refractivity contribution in [1.29, 1.82) is 0 Å². The van der Waals surface area contributed by atoms with Gasteiger partial charge in [0.15, 0.2) is 0 Å². The lowest BCUT2D eigenvalue weighted by Gasteiger charge is -2.02. The molecule has 0 saturated heterocycles. The summed E-state index contributed by atoms with van der Waals surface area (Å²) < 4.78 is 6.02. The number of ether oxygens (including phenoxy) is 1. The standard InChI is InChI=1S/C12H13BrN2O/c1-16-10-5-2-9(3-6-10)4-7-11-12(13)15-8-14-11/h2-3,5-6,8H,4,7H2,1H3,(H,14,15). The molecule has 0 radical (unpaired) electrons. The highest BCUT2D eigenvalue weighted by Crippen LogP contribution is 2.16. The number of aryl methyl sites for hydroxylation is 2. The van der Waals surface area contributed by atoms with Gasteiger partial charge >= 0.3 is 0 Å². The van der Waals surface area contributed by atoms with E-state index < -0.39 is 0 Å². The predicted octanol–water partition coefficient (Wildman–Crippen LogP) is 2.97. The van der Waals surface area contributed by atoms with E-state index in [0.717, 1.165) is 28.9 Å². The lowest BCUT2D eigenvalue weighted by Crippen LogP contribution is -1.92. The number of H-pyrrole nitrogens is 1. The smallest absolute Gasteiger partial charge is 0.127 e. The zero-order valence-corrected chi connectivity index (χ0v) is 10.6. The lowest BCUT2D eigenvalue weighted by molar-refractivity contribution is 0.414. The Morgan fingerprint density at radius 1 is 1.25 bits per heavy atom. The van der Waals surface area contributed by atoms with Crippen molar-refractivity contribution in [2.75, 3.05) is 7.11 Å². The Morgan fingerprint density at radius 3 is 2.56 bits per heavy atom. The Kier molecular flexibility index (Phi) is 3.62. The third kappa shape index (κ3) is 2.64. The zero-order valence-electron chi connectivity index (χ0n) is 9.03. The summed E-state index contributed by atoms with van der Waals surface area (Å²) in [4.78, 5) is 7.21. The molecule has 0 fully saturated rings. The van der Waals surface area contributed by atoms with Crippen molar-refractivity contribution in [3.63, 3.8) is 0 Å². The molecular formula is C12H13BrN2O. The molecule has 0 amide bonds. The summed E-state index contributed by atoms with van der Waals surface area (Å²) >= 11 is 3.40. The summed E-state index contributed by atoms with van der Waals surface area (Å²) in [5.41, 5.74) is 2.43. The van der Waals surface area contributed by atoms with Crippen LogP contribution in [-0.2, 0) is 12.8 Å². The molecule has 0 aliphatic carbocycles. The van der Waals surface area contributed by atoms with E-state index in [-0.39, 0.29) is 0 Å². The van der Waals surface area contributed by atoms with E-state index in [2.05, 4.69) is 38.0 Å². The molecule has 0 saturated carbocycles. The summed E-state index contributed by atoms with van der Waals surface area (Å²) in [7, 11) is 1.68. The number of hydrogen-bond acceptors (Lipinski definition) is 2. The number of aromatic nitrogens is 2. The normalized spacial score (nSPS) is 10.4. The van der Waals surface area contributed by atoms with E-state index in [1.165, 1.54) is 5.56 Å². The first kappa shape index (κ1) is 11.2. The van der Waals surface area contributed by atoms with Crippen molar-refractivity contribution >= 4 is 15.9 Å². The van der Waals surface area contributed by atoms with E-state index in [4.69, 9.17) is 4.74 Å². The van der Waals surface area contributed by atoms with E-state index >= 15 is 0 Å². The molecule has 1 heterocycles. The summed E-state index contributed by atoms with van der Waals surface area (Å²) in [6, 6.07) is 8.14. The molecule has 1 N–H and O–H groups in total. The number of nitrogens with one attached hydrogen (secondary N) is 1. The molecule has 0 aliphatic heterocycles. The molecule has 0 unspecified atom stereocenters. The van der Waals surface area contributed by atoms with Gasteiger partial charge in [-0.3, -0.25) is 0 Å². The number of imidazole rings is 1. The summed E-state index contributed by atoms with van der Waals surface area (Å²) in [6.07, 6.45) is 3.64. The second kappa shape index (κ2) is 5.16. The Labute approximate surface area is 103 Å². The SMILES string of the molecule is COc1ccc(CCc2[nH]cnc2Br)cc1. The van der Waals surface area contributed by atoms with Crippen LogP contribution in [0, 0.1) is 0 Å². The molecule has 0 atom stereocenters. The molecule has 16 heavy (non-hydrogen) atoms. The second-order valence-corrected chi connectivity index (χ2v) is 4.27. The summed E-state index contributed by atoms with van der Waals surface area (Å²) in [5.74, 6) is 0.895. The molecule has 2 rings (SSSR count). The fraction of sp³-hybridized carbons (Fsp3) is 0.250. The van der Waals surface area contributed by atoms with E-state index in [9.17, 15) is 0 Å². The van der Waals surface area contributed by atoms with Gasteiger partial charge in [0, 0.05) is 5.69 Å². The molecule has 84 valence electrons. The minimum atomic E-state index is 0.895. The quantitative estimate of drug-likeness (QED) is 0.935. The zero-order chi connectivity index (χ0) is 11.4. The Morgan fingerprint density at radius 2 is 2.00 bits per heavy atom. The van der Waals surface area contributed by atoms with Crippen molar-refractivity contribution in [1.82, 2.24) is 9.97 Å². The van der Waals surface area contributed by atoms with Crippen LogP contribution in [0.25, 0.3) is 0 Å². The molecule has 3 nitrogen and oxygen atoms in total. The molecule has 2 aromatic rings. The topological polar surface area (TPSA) is 37.9 Å². The first-order chi connectivity index (χ1) is 7.79. The molecule has 0 spiro atoms. The van der Waals surface area contributed by atoms with Gasteiger partial charge in [-0.05, 0) is 46.5 Å². The van der Waals surface area contributed by atoms with E-state index in [1.54, 1.807) is 13.4 Å². The van der Waals surface area contributed by atoms with Gasteiger partial charge in [0.05, 0.1) is 13.4 Å². The van der Waals surface area contributed by atoms with Crippen molar-refractivity contribution in [3.05, 3.63) is 46.5 Å². The highest BCUT2D eigenvalue weighted by molar-refractivity contribution is 9.10. The Hall–Kier alpha value is -1.29. The number of hydrogen-bond donors (Lipinski definition) is 1. The largest absolute Gasteiger partial charge is 0.497 e. The number of halogens is 1. The van der Waals surface area contributed by atoms with Gasteiger partial charge in [0.1, 0.15) is 10.4 Å². The van der Waals surface area contributed by atoms with Gasteiger partial charge < -0.3 is 9.72 Å². The Bertz CT molecular complexity index is 450. The van der Waals surface area contributed by atoms with Crippen LogP contribution >= 0.6 is 15.9 Å². The highest BCUT2D eigenvalue weighted by atomic mass is 79.9. The average Bonchev–Trinajstić information content (AvgIpc) is 2.73. The lowest BCUT2D eigenvalue weighted by atomic mass is 10.1. The van der Waals surface area contributed by atoms with Gasteiger partial charge in [-0.15, -0.1) is 0 Å². The van der Waals surface area contributed by atoms with Gasteiger partial charge in [0.25, 0.3) is 0 Å². The summed E-state index contributed by atoms with van der Waals surface area (Å²) in [5, 5.41) is 0. The molecular weight excluding hydrogens is 268 g/mol.